The summed E-state index contributed by atoms with van der Waals surface area (Å²) in [5.74, 6) is 0.688. The maximum absolute atomic E-state index is 12.8. The molecule has 1 aromatic heterocycles. The Morgan fingerprint density at radius 2 is 1.65 bits per heavy atom. The van der Waals surface area contributed by atoms with Crippen LogP contribution < -0.4 is 4.74 Å². The highest BCUT2D eigenvalue weighted by Gasteiger charge is 2.28. The van der Waals surface area contributed by atoms with Gasteiger partial charge in [0.2, 0.25) is 14.8 Å². The van der Waals surface area contributed by atoms with E-state index in [1.54, 1.807) is 39.7 Å². The molecule has 0 N–H and O–H groups in total. The smallest absolute Gasteiger partial charge is 0.243 e. The first-order valence-electron chi connectivity index (χ1n) is 10.0. The minimum Gasteiger partial charge on any atom is -0.492 e. The Morgan fingerprint density at radius 1 is 0.968 bits per heavy atom. The maximum Gasteiger partial charge on any atom is 0.243 e. The van der Waals surface area contributed by atoms with Gasteiger partial charge >= 0.3 is 0 Å². The van der Waals surface area contributed by atoms with Crippen LogP contribution in [-0.4, -0.2) is 70.2 Å². The first-order chi connectivity index (χ1) is 15.0. The van der Waals surface area contributed by atoms with Crippen molar-refractivity contribution in [3.63, 3.8) is 0 Å². The SMILES string of the molecule is CCOc1ccccc1-n1nnn(CN2CCN(S(=O)(=O)c3ccccc3)CC2)c1=S. The summed E-state index contributed by atoms with van der Waals surface area (Å²) in [5, 5.41) is 8.40. The summed E-state index contributed by atoms with van der Waals surface area (Å²) >= 11 is 5.58. The average Bonchev–Trinajstić information content (AvgIpc) is 3.15. The Morgan fingerprint density at radius 3 is 2.35 bits per heavy atom. The number of sulfonamides is 1. The molecule has 4 rings (SSSR count). The van der Waals surface area contributed by atoms with Crippen LogP contribution in [0.5, 0.6) is 5.75 Å². The molecule has 1 fully saturated rings. The lowest BCUT2D eigenvalue weighted by Gasteiger charge is -2.33. The fourth-order valence-corrected chi connectivity index (χ4v) is 5.14. The highest BCUT2D eigenvalue weighted by atomic mass is 32.2. The van der Waals surface area contributed by atoms with Crippen molar-refractivity contribution in [2.75, 3.05) is 32.8 Å². The zero-order chi connectivity index (χ0) is 21.8. The molecule has 0 amide bonds. The monoisotopic (exact) mass is 460 g/mol. The second-order valence-electron chi connectivity index (χ2n) is 7.05. The largest absolute Gasteiger partial charge is 0.492 e. The lowest BCUT2D eigenvalue weighted by Crippen LogP contribution is -2.48. The summed E-state index contributed by atoms with van der Waals surface area (Å²) in [5.41, 5.74) is 0.736. The fourth-order valence-electron chi connectivity index (χ4n) is 3.47. The number of rotatable bonds is 7. The predicted octanol–water partition coefficient (Wildman–Crippen LogP) is 2.16. The molecule has 1 aliphatic rings. The molecule has 1 aliphatic heterocycles. The third-order valence-corrected chi connectivity index (χ3v) is 7.38. The highest BCUT2D eigenvalue weighted by Crippen LogP contribution is 2.22. The summed E-state index contributed by atoms with van der Waals surface area (Å²) in [6.45, 7) is 4.87. The molecule has 0 atom stereocenters. The summed E-state index contributed by atoms with van der Waals surface area (Å²) in [6, 6.07) is 16.1. The zero-order valence-electron chi connectivity index (χ0n) is 17.2. The fraction of sp³-hybridized carbons (Fsp3) is 0.350. The summed E-state index contributed by atoms with van der Waals surface area (Å²) in [6.07, 6.45) is 0. The van der Waals surface area contributed by atoms with Crippen LogP contribution >= 0.6 is 12.2 Å². The van der Waals surface area contributed by atoms with E-state index in [-0.39, 0.29) is 0 Å². The van der Waals surface area contributed by atoms with E-state index in [2.05, 4.69) is 15.3 Å². The second-order valence-corrected chi connectivity index (χ2v) is 9.35. The third-order valence-electron chi connectivity index (χ3n) is 5.08. The van der Waals surface area contributed by atoms with Gasteiger partial charge in [-0.3, -0.25) is 4.90 Å². The van der Waals surface area contributed by atoms with E-state index in [1.807, 2.05) is 31.2 Å². The standard InChI is InChI=1S/C20H24N6O3S2/c1-2-29-19-11-7-6-10-18(19)26-20(30)25(21-22-26)16-23-12-14-24(15-13-23)31(27,28)17-8-4-3-5-9-17/h3-11H,2,12-16H2,1H3. The van der Waals surface area contributed by atoms with Gasteiger partial charge in [-0.2, -0.15) is 8.99 Å². The molecule has 3 aromatic rings. The number of benzene rings is 2. The number of hydrogen-bond donors (Lipinski definition) is 0. The Hall–Kier alpha value is -2.60. The summed E-state index contributed by atoms with van der Waals surface area (Å²) in [4.78, 5) is 2.43. The minimum atomic E-state index is -3.48. The molecule has 31 heavy (non-hydrogen) atoms. The second kappa shape index (κ2) is 9.27. The molecule has 2 aromatic carbocycles. The number of aromatic nitrogens is 4. The van der Waals surface area contributed by atoms with E-state index >= 15 is 0 Å². The quantitative estimate of drug-likeness (QED) is 0.500. The Balaban J connectivity index is 1.44. The topological polar surface area (TPSA) is 85.5 Å². The molecule has 9 nitrogen and oxygen atoms in total. The molecule has 1 saturated heterocycles. The molecule has 164 valence electrons. The van der Waals surface area contributed by atoms with Crippen LogP contribution in [0.15, 0.2) is 59.5 Å². The van der Waals surface area contributed by atoms with E-state index in [1.165, 1.54) is 4.31 Å². The van der Waals surface area contributed by atoms with Crippen LogP contribution in [0.2, 0.25) is 0 Å². The van der Waals surface area contributed by atoms with Gasteiger partial charge in [0.25, 0.3) is 0 Å². The minimum absolute atomic E-state index is 0.321. The van der Waals surface area contributed by atoms with Gasteiger partial charge in [-0.15, -0.1) is 0 Å². The van der Waals surface area contributed by atoms with E-state index in [0.717, 1.165) is 5.69 Å². The third kappa shape index (κ3) is 4.54. The van der Waals surface area contributed by atoms with Gasteiger partial charge in [0.05, 0.1) is 18.2 Å². The molecule has 0 aliphatic carbocycles. The van der Waals surface area contributed by atoms with Crippen molar-refractivity contribution in [3.8, 4) is 11.4 Å². The molecule has 0 saturated carbocycles. The Kier molecular flexibility index (Phi) is 6.46. The number of hydrogen-bond acceptors (Lipinski definition) is 7. The van der Waals surface area contributed by atoms with E-state index in [4.69, 9.17) is 17.0 Å². The van der Waals surface area contributed by atoms with Gasteiger partial charge in [-0.05, 0) is 53.8 Å². The van der Waals surface area contributed by atoms with Crippen molar-refractivity contribution in [2.24, 2.45) is 0 Å². The first kappa shape index (κ1) is 21.6. The predicted molar refractivity (Wildman–Crippen MR) is 118 cm³/mol. The van der Waals surface area contributed by atoms with Crippen LogP contribution in [0.25, 0.3) is 5.69 Å². The lowest BCUT2D eigenvalue weighted by molar-refractivity contribution is 0.144. The van der Waals surface area contributed by atoms with Crippen LogP contribution in [0, 0.1) is 4.77 Å². The molecule has 0 bridgehead atoms. The first-order valence-corrected chi connectivity index (χ1v) is 11.9. The van der Waals surface area contributed by atoms with Gasteiger partial charge in [0, 0.05) is 26.2 Å². The van der Waals surface area contributed by atoms with Gasteiger partial charge < -0.3 is 4.74 Å². The van der Waals surface area contributed by atoms with Crippen LogP contribution in [0.1, 0.15) is 6.92 Å². The van der Waals surface area contributed by atoms with E-state index < -0.39 is 10.0 Å². The molecule has 0 radical (unpaired) electrons. The van der Waals surface area contributed by atoms with Crippen molar-refractivity contribution < 1.29 is 13.2 Å². The molecular weight excluding hydrogens is 436 g/mol. The summed E-state index contributed by atoms with van der Waals surface area (Å²) in [7, 11) is -3.48. The highest BCUT2D eigenvalue weighted by molar-refractivity contribution is 7.89. The summed E-state index contributed by atoms with van der Waals surface area (Å²) < 4.78 is 36.5. The van der Waals surface area contributed by atoms with E-state index in [0.29, 0.717) is 54.9 Å². The van der Waals surface area contributed by atoms with Crippen molar-refractivity contribution >= 4 is 22.2 Å². The maximum atomic E-state index is 12.8. The van der Waals surface area contributed by atoms with Crippen LogP contribution in [0.4, 0.5) is 0 Å². The van der Waals surface area contributed by atoms with Gasteiger partial charge in [0.1, 0.15) is 11.4 Å². The molecule has 0 spiro atoms. The average molecular weight is 461 g/mol. The Labute approximate surface area is 186 Å². The molecule has 2 heterocycles. The number of para-hydroxylation sites is 2. The Bertz CT molecular complexity index is 1180. The lowest BCUT2D eigenvalue weighted by atomic mass is 10.3. The van der Waals surface area contributed by atoms with Crippen LogP contribution in [0.3, 0.4) is 0 Å². The zero-order valence-corrected chi connectivity index (χ0v) is 18.8. The normalized spacial score (nSPS) is 15.8. The number of nitrogens with zero attached hydrogens (tertiary/aromatic N) is 6. The number of tetrazole rings is 1. The van der Waals surface area contributed by atoms with E-state index in [9.17, 15) is 8.42 Å². The molecular formula is C20H24N6O3S2. The molecule has 11 heteroatoms. The number of piperazine rings is 1. The van der Waals surface area contributed by atoms with Gasteiger partial charge in [-0.1, -0.05) is 30.3 Å². The van der Waals surface area contributed by atoms with Crippen molar-refractivity contribution in [3.05, 3.63) is 59.4 Å². The van der Waals surface area contributed by atoms with Gasteiger partial charge in [-0.25, -0.2) is 13.1 Å². The van der Waals surface area contributed by atoms with Crippen LogP contribution in [-0.2, 0) is 16.7 Å². The molecule has 0 unspecified atom stereocenters. The number of ether oxygens (including phenoxy) is 1. The van der Waals surface area contributed by atoms with Crippen molar-refractivity contribution in [1.29, 1.82) is 0 Å². The van der Waals surface area contributed by atoms with Crippen molar-refractivity contribution in [1.82, 2.24) is 29.0 Å². The van der Waals surface area contributed by atoms with Gasteiger partial charge in [0.15, 0.2) is 0 Å². The van der Waals surface area contributed by atoms with Crippen molar-refractivity contribution in [2.45, 2.75) is 18.5 Å².